The van der Waals surface area contributed by atoms with Crippen LogP contribution in [0.3, 0.4) is 0 Å². The number of aliphatic carboxylic acids is 1. The van der Waals surface area contributed by atoms with Crippen molar-refractivity contribution in [2.24, 2.45) is 5.92 Å². The number of benzene rings is 1. The molecule has 9 heteroatoms. The zero-order valence-electron chi connectivity index (χ0n) is 17.0. The number of carboxylic acids is 1. The molecule has 166 valence electrons. The lowest BCUT2D eigenvalue weighted by molar-refractivity contribution is -0.140. The minimum absolute atomic E-state index is 0.0375. The number of carbonyl (C=O) groups excluding carboxylic acids is 3. The summed E-state index contributed by atoms with van der Waals surface area (Å²) in [5.41, 5.74) is -0.295. The fraction of sp³-hybridized carbons (Fsp3) is 0.348. The largest absolute Gasteiger partial charge is 0.480 e. The Hall–Kier alpha value is -2.77. The van der Waals surface area contributed by atoms with Gasteiger partial charge in [-0.3, -0.25) is 29.1 Å². The van der Waals surface area contributed by atoms with Crippen molar-refractivity contribution in [3.8, 4) is 0 Å². The minimum Gasteiger partial charge on any atom is -0.480 e. The summed E-state index contributed by atoms with van der Waals surface area (Å²) in [6.07, 6.45) is 4.28. The lowest BCUT2D eigenvalue weighted by Gasteiger charge is -2.25. The number of amides is 1. The van der Waals surface area contributed by atoms with E-state index in [1.54, 1.807) is 18.5 Å². The van der Waals surface area contributed by atoms with Crippen LogP contribution in [0.4, 0.5) is 5.69 Å². The average molecular weight is 475 g/mol. The summed E-state index contributed by atoms with van der Waals surface area (Å²) in [5, 5.41) is 10.2. The third-order valence-electron chi connectivity index (χ3n) is 6.31. The standard InChI is InChI=1S/C23H20Cl2N2O5/c24-15-4-5-18-16(9-15)23(22(32)27(18)12-21(30)31)10-19(28)13(3-6-20(23)29)1-2-14-11-26-8-7-17(14)25/h4-5,7-9,11,13H,1-3,6,10,12H2,(H,30,31). The van der Waals surface area contributed by atoms with Crippen LogP contribution in [0, 0.1) is 5.92 Å². The topological polar surface area (TPSA) is 105 Å². The van der Waals surface area contributed by atoms with Crippen LogP contribution < -0.4 is 4.90 Å². The number of anilines is 1. The van der Waals surface area contributed by atoms with E-state index in [1.165, 1.54) is 18.2 Å². The van der Waals surface area contributed by atoms with Crippen LogP contribution >= 0.6 is 23.2 Å². The van der Waals surface area contributed by atoms with Crippen LogP contribution in [0.1, 0.15) is 36.8 Å². The zero-order chi connectivity index (χ0) is 23.0. The van der Waals surface area contributed by atoms with E-state index < -0.39 is 29.8 Å². The Kier molecular flexibility index (Phi) is 6.05. The smallest absolute Gasteiger partial charge is 0.323 e. The average Bonchev–Trinajstić information content (AvgIpc) is 2.88. The Morgan fingerprint density at radius 1 is 1.22 bits per heavy atom. The van der Waals surface area contributed by atoms with Crippen LogP contribution in [0.5, 0.6) is 0 Å². The van der Waals surface area contributed by atoms with Gasteiger partial charge in [0.15, 0.2) is 5.78 Å². The quantitative estimate of drug-likeness (QED) is 0.663. The Balaban J connectivity index is 1.66. The van der Waals surface area contributed by atoms with E-state index in [4.69, 9.17) is 23.2 Å². The number of hydrogen-bond acceptors (Lipinski definition) is 5. The molecule has 1 N–H and O–H groups in total. The summed E-state index contributed by atoms with van der Waals surface area (Å²) in [6, 6.07) is 6.24. The molecule has 32 heavy (non-hydrogen) atoms. The molecule has 4 rings (SSSR count). The second kappa shape index (κ2) is 8.64. The number of pyridine rings is 1. The minimum atomic E-state index is -1.73. The fourth-order valence-corrected chi connectivity index (χ4v) is 5.06. The number of hydrogen-bond donors (Lipinski definition) is 1. The predicted molar refractivity (Wildman–Crippen MR) is 118 cm³/mol. The van der Waals surface area contributed by atoms with E-state index in [9.17, 15) is 24.3 Å². The third kappa shape index (κ3) is 3.80. The Bertz CT molecular complexity index is 1140. The molecule has 1 saturated carbocycles. The molecule has 2 heterocycles. The molecule has 1 amide bonds. The van der Waals surface area contributed by atoms with Crippen molar-refractivity contribution >= 4 is 52.3 Å². The van der Waals surface area contributed by atoms with Crippen LogP contribution in [0.2, 0.25) is 10.0 Å². The Morgan fingerprint density at radius 3 is 2.72 bits per heavy atom. The number of carbonyl (C=O) groups is 4. The van der Waals surface area contributed by atoms with E-state index in [2.05, 4.69) is 4.98 Å². The van der Waals surface area contributed by atoms with E-state index in [-0.39, 0.29) is 24.4 Å². The van der Waals surface area contributed by atoms with Crippen molar-refractivity contribution < 1.29 is 24.3 Å². The second-order valence-corrected chi connectivity index (χ2v) is 9.00. The van der Waals surface area contributed by atoms with Crippen molar-refractivity contribution in [2.75, 3.05) is 11.4 Å². The highest BCUT2D eigenvalue weighted by Crippen LogP contribution is 2.48. The molecular weight excluding hydrogens is 455 g/mol. The molecule has 0 saturated heterocycles. The maximum Gasteiger partial charge on any atom is 0.323 e. The number of carboxylic acid groups (broad SMARTS) is 1. The molecule has 0 bridgehead atoms. The summed E-state index contributed by atoms with van der Waals surface area (Å²) >= 11 is 12.3. The summed E-state index contributed by atoms with van der Waals surface area (Å²) in [4.78, 5) is 56.6. The van der Waals surface area contributed by atoms with Crippen LogP contribution in [0.15, 0.2) is 36.7 Å². The normalized spacial score (nSPS) is 22.9. The molecule has 0 radical (unpaired) electrons. The van der Waals surface area contributed by atoms with E-state index in [0.29, 0.717) is 40.6 Å². The number of halogens is 2. The molecule has 1 aromatic heterocycles. The van der Waals surface area contributed by atoms with Gasteiger partial charge in [0.1, 0.15) is 17.7 Å². The molecule has 2 unspecified atom stereocenters. The van der Waals surface area contributed by atoms with Crippen molar-refractivity contribution in [1.29, 1.82) is 0 Å². The molecule has 1 spiro atoms. The summed E-state index contributed by atoms with van der Waals surface area (Å²) in [6.45, 7) is -0.598. The van der Waals surface area contributed by atoms with Crippen molar-refractivity contribution in [2.45, 2.75) is 37.5 Å². The molecule has 1 aliphatic carbocycles. The van der Waals surface area contributed by atoms with Gasteiger partial charge < -0.3 is 5.11 Å². The highest BCUT2D eigenvalue weighted by molar-refractivity contribution is 6.32. The van der Waals surface area contributed by atoms with E-state index in [0.717, 1.165) is 10.5 Å². The van der Waals surface area contributed by atoms with Crippen LogP contribution in [-0.2, 0) is 31.0 Å². The molecule has 2 aliphatic rings. The first kappa shape index (κ1) is 22.4. The molecule has 2 aromatic rings. The summed E-state index contributed by atoms with van der Waals surface area (Å²) < 4.78 is 0. The lowest BCUT2D eigenvalue weighted by Crippen LogP contribution is -2.48. The van der Waals surface area contributed by atoms with Gasteiger partial charge in [0.05, 0.1) is 0 Å². The lowest BCUT2D eigenvalue weighted by atomic mass is 9.73. The van der Waals surface area contributed by atoms with Gasteiger partial charge in [0.25, 0.3) is 0 Å². The number of aryl methyl sites for hydroxylation is 1. The van der Waals surface area contributed by atoms with Gasteiger partial charge in [0.2, 0.25) is 5.91 Å². The van der Waals surface area contributed by atoms with Gasteiger partial charge in [-0.25, -0.2) is 0 Å². The molecule has 7 nitrogen and oxygen atoms in total. The van der Waals surface area contributed by atoms with Gasteiger partial charge in [-0.1, -0.05) is 23.2 Å². The SMILES string of the molecule is O=C(O)CN1C(=O)C2(CC(=O)C(CCc3cnccc3Cl)CCC2=O)c2cc(Cl)ccc21. The zero-order valence-corrected chi connectivity index (χ0v) is 18.5. The number of fused-ring (bicyclic) bond motifs is 2. The van der Waals surface area contributed by atoms with Crippen molar-refractivity contribution in [3.63, 3.8) is 0 Å². The molecule has 1 aliphatic heterocycles. The Morgan fingerprint density at radius 2 is 2.00 bits per heavy atom. The van der Waals surface area contributed by atoms with Gasteiger partial charge >= 0.3 is 5.97 Å². The number of Topliss-reactive ketones (excluding diaryl/α,β-unsaturated/α-hetero) is 2. The monoisotopic (exact) mass is 474 g/mol. The van der Waals surface area contributed by atoms with Gasteiger partial charge in [-0.2, -0.15) is 0 Å². The first-order valence-electron chi connectivity index (χ1n) is 10.2. The van der Waals surface area contributed by atoms with Crippen molar-refractivity contribution in [3.05, 3.63) is 57.8 Å². The summed E-state index contributed by atoms with van der Waals surface area (Å²) in [5.74, 6) is -2.89. The first-order valence-corrected chi connectivity index (χ1v) is 11.0. The van der Waals surface area contributed by atoms with E-state index >= 15 is 0 Å². The molecule has 1 aromatic carbocycles. The van der Waals surface area contributed by atoms with Crippen molar-refractivity contribution in [1.82, 2.24) is 4.98 Å². The maximum atomic E-state index is 13.4. The highest BCUT2D eigenvalue weighted by atomic mass is 35.5. The number of rotatable bonds is 5. The Labute approximate surface area is 194 Å². The molecule has 2 atom stereocenters. The first-order chi connectivity index (χ1) is 15.2. The van der Waals surface area contributed by atoms with Gasteiger partial charge in [-0.05, 0) is 49.1 Å². The number of nitrogens with zero attached hydrogens (tertiary/aromatic N) is 2. The van der Waals surface area contributed by atoms with E-state index in [1.807, 2.05) is 0 Å². The number of aromatic nitrogens is 1. The predicted octanol–water partition coefficient (Wildman–Crippen LogP) is 3.63. The maximum absolute atomic E-state index is 13.4. The molecular formula is C23H20Cl2N2O5. The molecule has 1 fully saturated rings. The van der Waals surface area contributed by atoms with Gasteiger partial charge in [-0.15, -0.1) is 0 Å². The van der Waals surface area contributed by atoms with Gasteiger partial charge in [0, 0.05) is 52.4 Å². The number of ketones is 2. The van der Waals surface area contributed by atoms with Crippen LogP contribution in [0.25, 0.3) is 0 Å². The van der Waals surface area contributed by atoms with Crippen LogP contribution in [-0.4, -0.2) is 40.1 Å². The second-order valence-electron chi connectivity index (χ2n) is 8.16. The highest BCUT2D eigenvalue weighted by Gasteiger charge is 2.58. The fourth-order valence-electron chi connectivity index (χ4n) is 4.69. The summed E-state index contributed by atoms with van der Waals surface area (Å²) in [7, 11) is 0. The third-order valence-corrected chi connectivity index (χ3v) is 6.91.